The first-order chi connectivity index (χ1) is 6.85. The molecule has 2 saturated carbocycles. The first kappa shape index (κ1) is 11.1. The van der Waals surface area contributed by atoms with E-state index in [1.54, 1.807) is 0 Å². The average Bonchev–Trinajstić information content (AvgIpc) is 2.41. The second kappa shape index (κ2) is 3.30. The van der Waals surface area contributed by atoms with E-state index in [0.29, 0.717) is 18.1 Å². The van der Waals surface area contributed by atoms with Crippen LogP contribution in [0, 0.1) is 17.3 Å². The molecule has 0 aromatic carbocycles. The van der Waals surface area contributed by atoms with Crippen molar-refractivity contribution in [1.82, 2.24) is 0 Å². The number of halogens is 1. The average molecular weight is 275 g/mol. The quantitative estimate of drug-likeness (QED) is 0.542. The number of ether oxygens (including phenoxy) is 1. The van der Waals surface area contributed by atoms with Crippen molar-refractivity contribution in [1.29, 1.82) is 0 Å². The van der Waals surface area contributed by atoms with Gasteiger partial charge in [-0.25, -0.2) is 0 Å². The van der Waals surface area contributed by atoms with Crippen molar-refractivity contribution in [3.63, 3.8) is 0 Å². The van der Waals surface area contributed by atoms with Crippen LogP contribution in [0.3, 0.4) is 0 Å². The fraction of sp³-hybridized carbons (Fsp3) is 0.818. The van der Waals surface area contributed by atoms with Gasteiger partial charge in [0.15, 0.2) is 0 Å². The molecule has 0 spiro atoms. The largest absolute Gasteiger partial charge is 0.461 e. The zero-order valence-corrected chi connectivity index (χ0v) is 10.7. The van der Waals surface area contributed by atoms with E-state index in [1.165, 1.54) is 6.92 Å². The molecule has 2 fully saturated rings. The van der Waals surface area contributed by atoms with Gasteiger partial charge in [0, 0.05) is 18.3 Å². The maximum absolute atomic E-state index is 11.8. The molecule has 0 aromatic heterocycles. The molecule has 2 rings (SSSR count). The van der Waals surface area contributed by atoms with Crippen LogP contribution in [0.1, 0.15) is 27.2 Å². The highest BCUT2D eigenvalue weighted by molar-refractivity contribution is 9.09. The third kappa shape index (κ3) is 1.45. The Labute approximate surface area is 97.7 Å². The predicted molar refractivity (Wildman–Crippen MR) is 58.7 cm³/mol. The SMILES string of the molecule is CC(=O)O[C@@H]1C[C@@H]2C(=O)C(C)(C)[C@@H]2[C@H]1Br. The highest BCUT2D eigenvalue weighted by Crippen LogP contribution is 2.58. The van der Waals surface area contributed by atoms with Crippen molar-refractivity contribution in [2.45, 2.75) is 38.1 Å². The fourth-order valence-electron chi connectivity index (χ4n) is 3.02. The lowest BCUT2D eigenvalue weighted by molar-refractivity contribution is -0.150. The first-order valence-corrected chi connectivity index (χ1v) is 6.13. The van der Waals surface area contributed by atoms with Crippen LogP contribution in [0.25, 0.3) is 0 Å². The lowest BCUT2D eigenvalue weighted by Crippen LogP contribution is -2.54. The number of ketones is 1. The summed E-state index contributed by atoms with van der Waals surface area (Å²) in [6.07, 6.45) is 0.547. The van der Waals surface area contributed by atoms with Crippen molar-refractivity contribution in [2.75, 3.05) is 0 Å². The van der Waals surface area contributed by atoms with E-state index in [0.717, 1.165) is 0 Å². The Hall–Kier alpha value is -0.380. The first-order valence-electron chi connectivity index (χ1n) is 5.21. The normalized spacial score (nSPS) is 42.0. The molecular formula is C11H15BrO3. The maximum atomic E-state index is 11.8. The number of rotatable bonds is 1. The minimum atomic E-state index is -0.268. The number of hydrogen-bond acceptors (Lipinski definition) is 3. The number of hydrogen-bond donors (Lipinski definition) is 0. The number of carbonyl (C=O) groups is 2. The molecule has 0 heterocycles. The molecule has 0 radical (unpaired) electrons. The van der Waals surface area contributed by atoms with Crippen LogP contribution in [0.15, 0.2) is 0 Å². The van der Waals surface area contributed by atoms with Gasteiger partial charge < -0.3 is 4.74 Å². The van der Waals surface area contributed by atoms with Crippen molar-refractivity contribution in [3.8, 4) is 0 Å². The molecule has 0 N–H and O–H groups in total. The molecule has 0 unspecified atom stereocenters. The van der Waals surface area contributed by atoms with Gasteiger partial charge in [-0.1, -0.05) is 29.8 Å². The van der Waals surface area contributed by atoms with Gasteiger partial charge in [0.25, 0.3) is 0 Å². The van der Waals surface area contributed by atoms with Crippen LogP contribution >= 0.6 is 15.9 Å². The molecule has 0 aromatic rings. The summed E-state index contributed by atoms with van der Waals surface area (Å²) >= 11 is 3.56. The summed E-state index contributed by atoms with van der Waals surface area (Å²) < 4.78 is 5.21. The van der Waals surface area contributed by atoms with Gasteiger partial charge in [-0.2, -0.15) is 0 Å². The zero-order valence-electron chi connectivity index (χ0n) is 9.12. The number of Topliss-reactive ketones (excluding diaryl/α,β-unsaturated/α-hetero) is 1. The molecule has 4 atom stereocenters. The minimum Gasteiger partial charge on any atom is -0.461 e. The Morgan fingerprint density at radius 3 is 2.60 bits per heavy atom. The van der Waals surface area contributed by atoms with Crippen molar-refractivity contribution in [2.24, 2.45) is 17.3 Å². The Bertz CT molecular complexity index is 324. The summed E-state index contributed by atoms with van der Waals surface area (Å²) in [7, 11) is 0. The third-order valence-electron chi connectivity index (χ3n) is 3.74. The molecule has 4 heteroatoms. The van der Waals surface area contributed by atoms with Gasteiger partial charge in [-0.3, -0.25) is 9.59 Å². The molecule has 0 bridgehead atoms. The highest BCUT2D eigenvalue weighted by atomic mass is 79.9. The van der Waals surface area contributed by atoms with Gasteiger partial charge in [-0.15, -0.1) is 0 Å². The molecule has 0 saturated heterocycles. The van der Waals surface area contributed by atoms with E-state index in [2.05, 4.69) is 15.9 Å². The van der Waals surface area contributed by atoms with Crippen LogP contribution in [-0.2, 0) is 14.3 Å². The number of esters is 1. The van der Waals surface area contributed by atoms with Gasteiger partial charge in [-0.05, 0) is 12.3 Å². The van der Waals surface area contributed by atoms with Crippen molar-refractivity contribution in [3.05, 3.63) is 0 Å². The van der Waals surface area contributed by atoms with Gasteiger partial charge in [0.1, 0.15) is 11.9 Å². The molecule has 0 amide bonds. The zero-order chi connectivity index (χ0) is 11.4. The van der Waals surface area contributed by atoms with Crippen LogP contribution in [0.4, 0.5) is 0 Å². The molecule has 2 aliphatic carbocycles. The molecule has 3 nitrogen and oxygen atoms in total. The van der Waals surface area contributed by atoms with Crippen LogP contribution in [0.2, 0.25) is 0 Å². The van der Waals surface area contributed by atoms with E-state index in [1.807, 2.05) is 13.8 Å². The highest BCUT2D eigenvalue weighted by Gasteiger charge is 2.64. The number of alkyl halides is 1. The minimum absolute atomic E-state index is 0.0914. The Morgan fingerprint density at radius 2 is 2.13 bits per heavy atom. The summed E-state index contributed by atoms with van der Waals surface area (Å²) in [5.74, 6) is 0.450. The predicted octanol–water partition coefficient (Wildman–Crippen LogP) is 1.93. The van der Waals surface area contributed by atoms with E-state index < -0.39 is 0 Å². The molecular weight excluding hydrogens is 260 g/mol. The van der Waals surface area contributed by atoms with Gasteiger partial charge in [0.05, 0.1) is 4.83 Å². The maximum Gasteiger partial charge on any atom is 0.302 e. The smallest absolute Gasteiger partial charge is 0.302 e. The molecule has 15 heavy (non-hydrogen) atoms. The fourth-order valence-corrected chi connectivity index (χ4v) is 4.38. The van der Waals surface area contributed by atoms with E-state index >= 15 is 0 Å². The second-order valence-electron chi connectivity index (χ2n) is 5.05. The lowest BCUT2D eigenvalue weighted by Gasteiger charge is -2.47. The molecule has 0 aliphatic heterocycles. The number of fused-ring (bicyclic) bond motifs is 1. The summed E-state index contributed by atoms with van der Waals surface area (Å²) in [5.41, 5.74) is -0.256. The Balaban J connectivity index is 2.13. The molecule has 84 valence electrons. The van der Waals surface area contributed by atoms with Crippen LogP contribution < -0.4 is 0 Å². The van der Waals surface area contributed by atoms with Crippen LogP contribution in [-0.4, -0.2) is 22.7 Å². The monoisotopic (exact) mass is 274 g/mol. The number of carbonyl (C=O) groups excluding carboxylic acids is 2. The Morgan fingerprint density at radius 1 is 1.53 bits per heavy atom. The second-order valence-corrected chi connectivity index (χ2v) is 6.10. The topological polar surface area (TPSA) is 43.4 Å². The molecule has 2 aliphatic rings. The van der Waals surface area contributed by atoms with E-state index in [-0.39, 0.29) is 28.2 Å². The Kier molecular flexibility index (Phi) is 2.45. The van der Waals surface area contributed by atoms with E-state index in [9.17, 15) is 9.59 Å². The summed E-state index contributed by atoms with van der Waals surface area (Å²) in [4.78, 5) is 22.8. The standard InChI is InChI=1S/C11H15BrO3/c1-5(13)15-7-4-6-8(9(7)12)11(2,3)10(6)14/h6-9H,4H2,1-3H3/t6-,7+,8-,9-/m0/s1. The van der Waals surface area contributed by atoms with Crippen LogP contribution in [0.5, 0.6) is 0 Å². The lowest BCUT2D eigenvalue weighted by atomic mass is 9.56. The van der Waals surface area contributed by atoms with Crippen molar-refractivity contribution >= 4 is 27.7 Å². The summed E-state index contributed by atoms with van der Waals surface area (Å²) in [5, 5.41) is 0. The van der Waals surface area contributed by atoms with Crippen molar-refractivity contribution < 1.29 is 14.3 Å². The summed E-state index contributed by atoms with van der Waals surface area (Å²) in [6.45, 7) is 5.36. The summed E-state index contributed by atoms with van der Waals surface area (Å²) in [6, 6.07) is 0. The van der Waals surface area contributed by atoms with Gasteiger partial charge >= 0.3 is 5.97 Å². The third-order valence-corrected chi connectivity index (χ3v) is 4.90. The van der Waals surface area contributed by atoms with E-state index in [4.69, 9.17) is 4.74 Å². The van der Waals surface area contributed by atoms with Gasteiger partial charge in [0.2, 0.25) is 0 Å².